The van der Waals surface area contributed by atoms with Gasteiger partial charge in [-0.1, -0.05) is 42.3 Å². The third-order valence-electron chi connectivity index (χ3n) is 6.46. The molecule has 2 atom stereocenters. The number of carbonyl (C=O) groups is 1. The Morgan fingerprint density at radius 3 is 2.64 bits per heavy atom. The maximum absolute atomic E-state index is 13.2. The Hall–Kier alpha value is -2.69. The van der Waals surface area contributed by atoms with Gasteiger partial charge >= 0.3 is 0 Å². The summed E-state index contributed by atoms with van der Waals surface area (Å²) in [6.45, 7) is 1.57. The highest BCUT2D eigenvalue weighted by Gasteiger charge is 2.35. The minimum absolute atomic E-state index is 0.203. The third-order valence-corrected chi connectivity index (χ3v) is 6.46. The quantitative estimate of drug-likeness (QED) is 0.688. The number of likely N-dealkylation sites (tertiary alicyclic amines) is 1. The average molecular weight is 374 g/mol. The van der Waals surface area contributed by atoms with E-state index in [1.165, 1.54) is 32.1 Å². The van der Waals surface area contributed by atoms with Crippen molar-refractivity contribution in [1.29, 1.82) is 0 Å². The first-order valence-electron chi connectivity index (χ1n) is 10.5. The highest BCUT2D eigenvalue weighted by atomic mass is 16.2. The Morgan fingerprint density at radius 1 is 0.964 bits per heavy atom. The van der Waals surface area contributed by atoms with Crippen molar-refractivity contribution in [3.05, 3.63) is 59.7 Å². The van der Waals surface area contributed by atoms with Crippen molar-refractivity contribution in [2.75, 3.05) is 6.54 Å². The molecular weight excluding hydrogens is 348 g/mol. The van der Waals surface area contributed by atoms with Crippen LogP contribution >= 0.6 is 0 Å². The molecule has 1 saturated carbocycles. The minimum Gasteiger partial charge on any atom is -0.335 e. The Labute approximate surface area is 165 Å². The van der Waals surface area contributed by atoms with Gasteiger partial charge in [0.15, 0.2) is 0 Å². The molecule has 5 rings (SSSR count). The number of benzene rings is 2. The number of aromatic nitrogens is 3. The summed E-state index contributed by atoms with van der Waals surface area (Å²) in [5, 5.41) is 8.47. The second kappa shape index (κ2) is 7.38. The van der Waals surface area contributed by atoms with Crippen LogP contribution in [0.1, 0.15) is 54.4 Å². The molecule has 144 valence electrons. The molecule has 0 radical (unpaired) electrons. The van der Waals surface area contributed by atoms with Crippen molar-refractivity contribution < 1.29 is 4.79 Å². The van der Waals surface area contributed by atoms with Crippen molar-refractivity contribution in [2.24, 2.45) is 5.92 Å². The van der Waals surface area contributed by atoms with Crippen LogP contribution in [-0.2, 0) is 6.54 Å². The largest absolute Gasteiger partial charge is 0.335 e. The predicted molar refractivity (Wildman–Crippen MR) is 109 cm³/mol. The highest BCUT2D eigenvalue weighted by molar-refractivity contribution is 5.94. The van der Waals surface area contributed by atoms with E-state index in [1.807, 2.05) is 53.2 Å². The van der Waals surface area contributed by atoms with E-state index >= 15 is 0 Å². The van der Waals surface area contributed by atoms with Crippen LogP contribution < -0.4 is 0 Å². The van der Waals surface area contributed by atoms with E-state index < -0.39 is 0 Å². The third kappa shape index (κ3) is 3.19. The normalized spacial score (nSPS) is 22.2. The lowest BCUT2D eigenvalue weighted by Gasteiger charge is -2.44. The molecule has 1 aliphatic carbocycles. The second-order valence-electron chi connectivity index (χ2n) is 8.19. The van der Waals surface area contributed by atoms with E-state index in [4.69, 9.17) is 0 Å². The zero-order valence-corrected chi connectivity index (χ0v) is 16.1. The standard InChI is InChI=1S/C23H26N4O/c28-23(26-15-5-7-18-6-1-3-9-21(18)26)19-13-11-17(12-14-19)16-27-22-10-4-2-8-20(22)24-25-27/h2,4,8,10-14,18,21H,1,3,5-7,9,15-16H2/t18-,21+/m0/s1. The van der Waals surface area contributed by atoms with Crippen LogP contribution in [0.25, 0.3) is 11.0 Å². The summed E-state index contributed by atoms with van der Waals surface area (Å²) in [6.07, 6.45) is 7.49. The number of hydrogen-bond donors (Lipinski definition) is 0. The molecule has 0 bridgehead atoms. The van der Waals surface area contributed by atoms with E-state index in [-0.39, 0.29) is 5.91 Å². The summed E-state index contributed by atoms with van der Waals surface area (Å²) in [6, 6.07) is 16.5. The SMILES string of the molecule is O=C(c1ccc(Cn2nnc3ccccc32)cc1)N1CCC[C@@H]2CCCC[C@H]21. The topological polar surface area (TPSA) is 51.0 Å². The number of piperidine rings is 1. The summed E-state index contributed by atoms with van der Waals surface area (Å²) in [5.41, 5.74) is 3.86. The van der Waals surface area contributed by atoms with Gasteiger partial charge in [-0.05, 0) is 61.4 Å². The highest BCUT2D eigenvalue weighted by Crippen LogP contribution is 2.35. The summed E-state index contributed by atoms with van der Waals surface area (Å²) in [7, 11) is 0. The molecule has 0 spiro atoms. The van der Waals surface area contributed by atoms with Gasteiger partial charge in [0.2, 0.25) is 0 Å². The second-order valence-corrected chi connectivity index (χ2v) is 8.19. The van der Waals surface area contributed by atoms with Gasteiger partial charge in [-0.15, -0.1) is 5.10 Å². The Kier molecular flexibility index (Phi) is 4.59. The number of hydrogen-bond acceptors (Lipinski definition) is 3. The number of carbonyl (C=O) groups excluding carboxylic acids is 1. The van der Waals surface area contributed by atoms with Crippen molar-refractivity contribution in [3.63, 3.8) is 0 Å². The van der Waals surface area contributed by atoms with Crippen LogP contribution in [-0.4, -0.2) is 38.4 Å². The van der Waals surface area contributed by atoms with Crippen LogP contribution in [0.15, 0.2) is 48.5 Å². The maximum atomic E-state index is 13.2. The lowest BCUT2D eigenvalue weighted by molar-refractivity contribution is 0.0390. The molecular formula is C23H26N4O. The number of nitrogens with zero attached hydrogens (tertiary/aromatic N) is 4. The number of rotatable bonds is 3. The summed E-state index contributed by atoms with van der Waals surface area (Å²) in [4.78, 5) is 15.3. The molecule has 2 aromatic carbocycles. The lowest BCUT2D eigenvalue weighted by atomic mass is 9.78. The summed E-state index contributed by atoms with van der Waals surface area (Å²) in [5.74, 6) is 0.917. The fourth-order valence-electron chi connectivity index (χ4n) is 5.00. The molecule has 1 saturated heterocycles. The molecule has 0 N–H and O–H groups in total. The molecule has 1 aromatic heterocycles. The Morgan fingerprint density at radius 2 is 1.75 bits per heavy atom. The molecule has 1 amide bonds. The molecule has 1 aliphatic heterocycles. The van der Waals surface area contributed by atoms with Crippen LogP contribution in [0.2, 0.25) is 0 Å². The summed E-state index contributed by atoms with van der Waals surface area (Å²) < 4.78 is 1.91. The van der Waals surface area contributed by atoms with Gasteiger partial charge in [0, 0.05) is 18.2 Å². The monoisotopic (exact) mass is 374 g/mol. The lowest BCUT2D eigenvalue weighted by Crippen LogP contribution is -2.49. The fraction of sp³-hybridized carbons (Fsp3) is 0.435. The van der Waals surface area contributed by atoms with Crippen molar-refractivity contribution >= 4 is 16.9 Å². The predicted octanol–water partition coefficient (Wildman–Crippen LogP) is 4.27. The summed E-state index contributed by atoms with van der Waals surface area (Å²) >= 11 is 0. The van der Waals surface area contributed by atoms with Gasteiger partial charge < -0.3 is 4.90 Å². The molecule has 5 heteroatoms. The van der Waals surface area contributed by atoms with Gasteiger partial charge in [0.25, 0.3) is 5.91 Å². The van der Waals surface area contributed by atoms with E-state index in [0.29, 0.717) is 18.5 Å². The van der Waals surface area contributed by atoms with Gasteiger partial charge in [0.05, 0.1) is 12.1 Å². The first-order chi connectivity index (χ1) is 13.8. The molecule has 3 aromatic rings. The van der Waals surface area contributed by atoms with Crippen molar-refractivity contribution in [3.8, 4) is 0 Å². The molecule has 2 aliphatic rings. The fourth-order valence-corrected chi connectivity index (χ4v) is 5.00. The van der Waals surface area contributed by atoms with Gasteiger partial charge in [0.1, 0.15) is 5.52 Å². The van der Waals surface area contributed by atoms with Crippen LogP contribution in [0.3, 0.4) is 0 Å². The van der Waals surface area contributed by atoms with Gasteiger partial charge in [-0.2, -0.15) is 0 Å². The van der Waals surface area contributed by atoms with E-state index in [9.17, 15) is 4.79 Å². The van der Waals surface area contributed by atoms with Crippen LogP contribution in [0.5, 0.6) is 0 Å². The molecule has 5 nitrogen and oxygen atoms in total. The number of para-hydroxylation sites is 1. The first-order valence-corrected chi connectivity index (χ1v) is 10.5. The van der Waals surface area contributed by atoms with E-state index in [1.54, 1.807) is 0 Å². The van der Waals surface area contributed by atoms with E-state index in [2.05, 4.69) is 15.2 Å². The number of amides is 1. The zero-order valence-electron chi connectivity index (χ0n) is 16.1. The molecule has 28 heavy (non-hydrogen) atoms. The van der Waals surface area contributed by atoms with Crippen LogP contribution in [0, 0.1) is 5.92 Å². The van der Waals surface area contributed by atoms with Gasteiger partial charge in [-0.25, -0.2) is 4.68 Å². The van der Waals surface area contributed by atoms with Gasteiger partial charge in [-0.3, -0.25) is 4.79 Å². The zero-order chi connectivity index (χ0) is 18.9. The van der Waals surface area contributed by atoms with Crippen LogP contribution in [0.4, 0.5) is 0 Å². The first kappa shape index (κ1) is 17.4. The van der Waals surface area contributed by atoms with Crippen molar-refractivity contribution in [1.82, 2.24) is 19.9 Å². The minimum atomic E-state index is 0.203. The molecule has 0 unspecified atom stereocenters. The maximum Gasteiger partial charge on any atom is 0.254 e. The van der Waals surface area contributed by atoms with E-state index in [0.717, 1.165) is 35.1 Å². The molecule has 2 heterocycles. The number of fused-ring (bicyclic) bond motifs is 2. The Bertz CT molecular complexity index is 976. The molecule has 2 fully saturated rings. The Balaban J connectivity index is 1.32. The smallest absolute Gasteiger partial charge is 0.254 e. The van der Waals surface area contributed by atoms with Crippen molar-refractivity contribution in [2.45, 2.75) is 51.1 Å². The average Bonchev–Trinajstić information content (AvgIpc) is 3.16.